The normalized spacial score (nSPS) is 19.2. The first-order chi connectivity index (χ1) is 4.88. The first kappa shape index (κ1) is 8.94. The number of fused-ring (bicyclic) bond motifs is 1. The van der Waals surface area contributed by atoms with Crippen LogP contribution in [0.1, 0.15) is 24.0 Å². The summed E-state index contributed by atoms with van der Waals surface area (Å²) in [6.45, 7) is 2.17. The van der Waals surface area contributed by atoms with Gasteiger partial charge in [-0.15, -0.1) is 11.6 Å². The monoisotopic (exact) mass is 219 g/mol. The van der Waals surface area contributed by atoms with E-state index in [-0.39, 0.29) is 26.2 Å². The average Bonchev–Trinajstić information content (AvgIpc) is 2.34. The van der Waals surface area contributed by atoms with Gasteiger partial charge in [-0.1, -0.05) is 31.0 Å². The first-order valence-corrected chi connectivity index (χ1v) is 3.56. The van der Waals surface area contributed by atoms with E-state index in [4.69, 9.17) is 0 Å². The molecule has 0 radical (unpaired) electrons. The fourth-order valence-corrected chi connectivity index (χ4v) is 1.34. The van der Waals surface area contributed by atoms with Gasteiger partial charge in [0.15, 0.2) is 0 Å². The molecule has 1 aliphatic rings. The van der Waals surface area contributed by atoms with E-state index in [9.17, 15) is 0 Å². The van der Waals surface area contributed by atoms with Crippen molar-refractivity contribution >= 4 is 6.08 Å². The average molecular weight is 220 g/mol. The Balaban J connectivity index is 0.000000605. The maximum atomic E-state index is 3.26. The van der Waals surface area contributed by atoms with Gasteiger partial charge in [-0.05, 0) is 0 Å². The van der Waals surface area contributed by atoms with Crippen LogP contribution < -0.4 is 0 Å². The fraction of sp³-hybridized carbons (Fsp3) is 0.200. The van der Waals surface area contributed by atoms with Gasteiger partial charge in [0.1, 0.15) is 0 Å². The van der Waals surface area contributed by atoms with Gasteiger partial charge in [-0.2, -0.15) is 5.56 Å². The molecule has 0 aliphatic heterocycles. The van der Waals surface area contributed by atoms with E-state index in [0.717, 1.165) is 0 Å². The molecular formula is C10H9Zr-. The van der Waals surface area contributed by atoms with E-state index < -0.39 is 0 Å². The molecule has 0 fully saturated rings. The summed E-state index contributed by atoms with van der Waals surface area (Å²) in [5.74, 6) is 0.496. The number of allylic oxidation sites excluding steroid dienone is 1. The quantitative estimate of drug-likeness (QED) is 0.590. The molecule has 11 heavy (non-hydrogen) atoms. The molecule has 0 saturated heterocycles. The Hall–Kier alpha value is -0.157. The Labute approximate surface area is 86.4 Å². The molecule has 0 amide bonds. The zero-order valence-electron chi connectivity index (χ0n) is 6.46. The Bertz CT molecular complexity index is 276. The zero-order valence-corrected chi connectivity index (χ0v) is 8.92. The fourth-order valence-electron chi connectivity index (χ4n) is 1.34. The van der Waals surface area contributed by atoms with Crippen molar-refractivity contribution in [3.05, 3.63) is 41.5 Å². The molecule has 1 heteroatoms. The molecule has 1 aliphatic carbocycles. The van der Waals surface area contributed by atoms with E-state index in [2.05, 4.69) is 43.3 Å². The molecule has 1 atom stereocenters. The first-order valence-electron chi connectivity index (χ1n) is 3.56. The van der Waals surface area contributed by atoms with Gasteiger partial charge < -0.3 is 0 Å². The molecule has 0 N–H and O–H groups in total. The third-order valence-corrected chi connectivity index (χ3v) is 1.95. The molecule has 0 bridgehead atoms. The molecule has 0 heterocycles. The standard InChI is InChI=1S/C10H9.Zr/c1-8-6-7-9-4-2-3-5-10(8)9;/h2-5,7-8H,1H3;/q-1;. The van der Waals surface area contributed by atoms with Crippen molar-refractivity contribution in [2.45, 2.75) is 12.8 Å². The topological polar surface area (TPSA) is 0 Å². The molecule has 0 spiro atoms. The molecule has 1 aromatic rings. The van der Waals surface area contributed by atoms with Crippen LogP contribution in [-0.4, -0.2) is 0 Å². The Morgan fingerprint density at radius 3 is 2.73 bits per heavy atom. The summed E-state index contributed by atoms with van der Waals surface area (Å²) >= 11 is 0. The minimum absolute atomic E-state index is 0. The van der Waals surface area contributed by atoms with E-state index in [1.165, 1.54) is 11.1 Å². The van der Waals surface area contributed by atoms with Crippen molar-refractivity contribution in [2.24, 2.45) is 0 Å². The van der Waals surface area contributed by atoms with Crippen molar-refractivity contribution in [3.8, 4) is 0 Å². The molecule has 1 unspecified atom stereocenters. The third kappa shape index (κ3) is 1.54. The van der Waals surface area contributed by atoms with Crippen LogP contribution in [0.2, 0.25) is 0 Å². The minimum atomic E-state index is 0. The maximum Gasteiger partial charge on any atom is 0 e. The van der Waals surface area contributed by atoms with Gasteiger partial charge in [0.05, 0.1) is 0 Å². The molecule has 1 aromatic carbocycles. The number of benzene rings is 1. The predicted octanol–water partition coefficient (Wildman–Crippen LogP) is 2.62. The van der Waals surface area contributed by atoms with Gasteiger partial charge in [-0.25, -0.2) is 6.08 Å². The van der Waals surface area contributed by atoms with Crippen molar-refractivity contribution in [1.82, 2.24) is 0 Å². The van der Waals surface area contributed by atoms with E-state index >= 15 is 0 Å². The predicted molar refractivity (Wildman–Crippen MR) is 42.6 cm³/mol. The van der Waals surface area contributed by atoms with Crippen LogP contribution in [0.25, 0.3) is 6.08 Å². The van der Waals surface area contributed by atoms with Crippen LogP contribution in [0, 0.1) is 6.08 Å². The zero-order chi connectivity index (χ0) is 6.97. The van der Waals surface area contributed by atoms with Gasteiger partial charge in [0.2, 0.25) is 0 Å². The summed E-state index contributed by atoms with van der Waals surface area (Å²) in [4.78, 5) is 0. The summed E-state index contributed by atoms with van der Waals surface area (Å²) in [5, 5.41) is 0. The van der Waals surface area contributed by atoms with Crippen molar-refractivity contribution in [2.75, 3.05) is 0 Å². The number of rotatable bonds is 0. The second-order valence-corrected chi connectivity index (χ2v) is 2.66. The van der Waals surface area contributed by atoms with E-state index in [0.29, 0.717) is 5.92 Å². The van der Waals surface area contributed by atoms with Crippen LogP contribution in [0.15, 0.2) is 24.3 Å². The molecule has 0 nitrogen and oxygen atoms in total. The summed E-state index contributed by atoms with van der Waals surface area (Å²) in [7, 11) is 0. The number of hydrogen-bond donors (Lipinski definition) is 0. The smallest absolute Gasteiger partial charge is 0 e. The summed E-state index contributed by atoms with van der Waals surface area (Å²) in [6, 6.07) is 8.44. The SMILES string of the molecule is CC1[C-]=Cc2ccccc21.[Zr]. The van der Waals surface area contributed by atoms with Gasteiger partial charge >= 0.3 is 0 Å². The minimum Gasteiger partial charge on any atom is -0.269 e. The Morgan fingerprint density at radius 2 is 2.00 bits per heavy atom. The molecule has 0 aromatic heterocycles. The molecular weight excluding hydrogens is 211 g/mol. The van der Waals surface area contributed by atoms with Crippen LogP contribution in [-0.2, 0) is 26.2 Å². The third-order valence-electron chi connectivity index (χ3n) is 1.95. The van der Waals surface area contributed by atoms with Crippen molar-refractivity contribution in [3.63, 3.8) is 0 Å². The summed E-state index contributed by atoms with van der Waals surface area (Å²) in [5.41, 5.74) is 2.73. The van der Waals surface area contributed by atoms with Crippen molar-refractivity contribution < 1.29 is 26.2 Å². The van der Waals surface area contributed by atoms with E-state index in [1.54, 1.807) is 0 Å². The number of hydrogen-bond acceptors (Lipinski definition) is 0. The molecule has 0 saturated carbocycles. The molecule has 54 valence electrons. The largest absolute Gasteiger partial charge is 0.269 e. The maximum absolute atomic E-state index is 3.26. The van der Waals surface area contributed by atoms with Gasteiger partial charge in [-0.3, -0.25) is 6.08 Å². The summed E-state index contributed by atoms with van der Waals surface area (Å²) < 4.78 is 0. The van der Waals surface area contributed by atoms with E-state index in [1.807, 2.05) is 0 Å². The second-order valence-electron chi connectivity index (χ2n) is 2.66. The van der Waals surface area contributed by atoms with Crippen molar-refractivity contribution in [1.29, 1.82) is 0 Å². The second kappa shape index (κ2) is 3.49. The van der Waals surface area contributed by atoms with Crippen LogP contribution in [0.4, 0.5) is 0 Å². The molecule has 2 rings (SSSR count). The summed E-state index contributed by atoms with van der Waals surface area (Å²) in [6.07, 6.45) is 5.33. The van der Waals surface area contributed by atoms with Gasteiger partial charge in [0.25, 0.3) is 0 Å². The van der Waals surface area contributed by atoms with Crippen LogP contribution in [0.3, 0.4) is 0 Å². The van der Waals surface area contributed by atoms with Crippen LogP contribution in [0.5, 0.6) is 0 Å². The Kier molecular flexibility index (Phi) is 2.84. The van der Waals surface area contributed by atoms with Gasteiger partial charge in [0, 0.05) is 26.2 Å². The van der Waals surface area contributed by atoms with Crippen LogP contribution >= 0.6 is 0 Å². The Morgan fingerprint density at radius 1 is 1.27 bits per heavy atom.